The molecule has 0 unspecified atom stereocenters. The maximum absolute atomic E-state index is 12.6. The minimum absolute atomic E-state index is 0.0139. The van der Waals surface area contributed by atoms with Crippen molar-refractivity contribution < 1.29 is 23.8 Å². The van der Waals surface area contributed by atoms with Gasteiger partial charge >= 0.3 is 5.97 Å². The Morgan fingerprint density at radius 1 is 1.12 bits per heavy atom. The van der Waals surface area contributed by atoms with Gasteiger partial charge in [0.15, 0.2) is 16.9 Å². The van der Waals surface area contributed by atoms with E-state index in [0.29, 0.717) is 22.3 Å². The smallest absolute Gasteiger partial charge is 0.308 e. The van der Waals surface area contributed by atoms with Crippen LogP contribution in [0.4, 0.5) is 0 Å². The largest absolute Gasteiger partial charge is 0.508 e. The molecule has 0 amide bonds. The lowest BCUT2D eigenvalue weighted by Gasteiger charge is -2.10. The van der Waals surface area contributed by atoms with Crippen LogP contribution in [0.5, 0.6) is 17.2 Å². The quantitative estimate of drug-likeness (QED) is 0.588. The van der Waals surface area contributed by atoms with Gasteiger partial charge in [0.25, 0.3) is 0 Å². The van der Waals surface area contributed by atoms with Crippen LogP contribution in [-0.4, -0.2) is 18.2 Å². The molecule has 0 aliphatic carbocycles. The fourth-order valence-corrected chi connectivity index (χ4v) is 2.40. The molecule has 2 aromatic carbocycles. The molecule has 0 spiro atoms. The van der Waals surface area contributed by atoms with Gasteiger partial charge in [-0.05, 0) is 29.8 Å². The van der Waals surface area contributed by atoms with Gasteiger partial charge in [-0.1, -0.05) is 6.07 Å². The van der Waals surface area contributed by atoms with Gasteiger partial charge in [-0.15, -0.1) is 0 Å². The second-order valence-electron chi connectivity index (χ2n) is 5.12. The summed E-state index contributed by atoms with van der Waals surface area (Å²) in [5.41, 5.74) is 0.868. The third-order valence-corrected chi connectivity index (χ3v) is 3.49. The van der Waals surface area contributed by atoms with Crippen LogP contribution in [0.25, 0.3) is 22.1 Å². The van der Waals surface area contributed by atoms with Crippen molar-refractivity contribution in [2.75, 3.05) is 7.11 Å². The molecule has 1 aromatic heterocycles. The second kappa shape index (κ2) is 6.08. The molecule has 3 aromatic rings. The molecule has 0 saturated heterocycles. The number of benzene rings is 2. The van der Waals surface area contributed by atoms with Crippen molar-refractivity contribution in [2.24, 2.45) is 0 Å². The van der Waals surface area contributed by atoms with Gasteiger partial charge < -0.3 is 19.0 Å². The lowest BCUT2D eigenvalue weighted by atomic mass is 10.0. The van der Waals surface area contributed by atoms with Crippen LogP contribution in [-0.2, 0) is 4.79 Å². The Kier molecular flexibility index (Phi) is 3.95. The highest BCUT2D eigenvalue weighted by Crippen LogP contribution is 2.32. The van der Waals surface area contributed by atoms with Crippen LogP contribution < -0.4 is 14.9 Å². The minimum Gasteiger partial charge on any atom is -0.508 e. The van der Waals surface area contributed by atoms with Gasteiger partial charge in [0, 0.05) is 13.0 Å². The van der Waals surface area contributed by atoms with E-state index < -0.39 is 5.97 Å². The van der Waals surface area contributed by atoms with Crippen LogP contribution in [0.1, 0.15) is 6.92 Å². The lowest BCUT2D eigenvalue weighted by molar-refractivity contribution is -0.132. The summed E-state index contributed by atoms with van der Waals surface area (Å²) >= 11 is 0. The zero-order chi connectivity index (χ0) is 17.3. The Hall–Kier alpha value is -3.28. The van der Waals surface area contributed by atoms with E-state index in [9.17, 15) is 14.7 Å². The van der Waals surface area contributed by atoms with Crippen molar-refractivity contribution >= 4 is 16.9 Å². The Morgan fingerprint density at radius 3 is 2.62 bits per heavy atom. The lowest BCUT2D eigenvalue weighted by Crippen LogP contribution is -2.06. The van der Waals surface area contributed by atoms with Gasteiger partial charge in [-0.25, -0.2) is 0 Å². The second-order valence-corrected chi connectivity index (χ2v) is 5.12. The normalized spacial score (nSPS) is 10.6. The van der Waals surface area contributed by atoms with E-state index >= 15 is 0 Å². The number of carbonyl (C=O) groups is 1. The highest BCUT2D eigenvalue weighted by Gasteiger charge is 2.14. The van der Waals surface area contributed by atoms with Crippen molar-refractivity contribution in [2.45, 2.75) is 6.92 Å². The first-order chi connectivity index (χ1) is 11.5. The van der Waals surface area contributed by atoms with Gasteiger partial charge in [0.1, 0.15) is 17.6 Å². The number of fused-ring (bicyclic) bond motifs is 1. The highest BCUT2D eigenvalue weighted by molar-refractivity contribution is 5.83. The molecule has 0 aliphatic heterocycles. The number of phenols is 1. The van der Waals surface area contributed by atoms with Crippen LogP contribution in [0, 0.1) is 0 Å². The molecule has 0 bridgehead atoms. The van der Waals surface area contributed by atoms with E-state index in [1.54, 1.807) is 18.2 Å². The average molecular weight is 326 g/mol. The molecular formula is C18H14O6. The van der Waals surface area contributed by atoms with E-state index in [0.717, 1.165) is 0 Å². The Bertz CT molecular complexity index is 986. The first kappa shape index (κ1) is 15.6. The molecule has 6 heteroatoms. The summed E-state index contributed by atoms with van der Waals surface area (Å²) in [6.45, 7) is 1.28. The fourth-order valence-electron chi connectivity index (χ4n) is 2.40. The zero-order valence-corrected chi connectivity index (χ0v) is 13.0. The SMILES string of the molecule is COc1ccc(-c2coc3cc(O)ccc3c2=O)cc1OC(C)=O. The van der Waals surface area contributed by atoms with Crippen molar-refractivity contribution in [3.63, 3.8) is 0 Å². The first-order valence-electron chi connectivity index (χ1n) is 7.11. The van der Waals surface area contributed by atoms with Crippen LogP contribution in [0.2, 0.25) is 0 Å². The van der Waals surface area contributed by atoms with E-state index in [1.165, 1.54) is 38.5 Å². The summed E-state index contributed by atoms with van der Waals surface area (Å²) in [5, 5.41) is 9.80. The summed E-state index contributed by atoms with van der Waals surface area (Å²) in [5.74, 6) is 0.114. The molecule has 0 fully saturated rings. The number of rotatable bonds is 3. The van der Waals surface area contributed by atoms with Gasteiger partial charge in [0.2, 0.25) is 0 Å². The van der Waals surface area contributed by atoms with Crippen molar-refractivity contribution in [3.8, 4) is 28.4 Å². The molecule has 24 heavy (non-hydrogen) atoms. The molecule has 1 heterocycles. The number of esters is 1. The van der Waals surface area contributed by atoms with Gasteiger partial charge in [-0.2, -0.15) is 0 Å². The van der Waals surface area contributed by atoms with E-state index in [2.05, 4.69) is 0 Å². The predicted octanol–water partition coefficient (Wildman–Crippen LogP) is 3.10. The summed E-state index contributed by atoms with van der Waals surface area (Å²) in [4.78, 5) is 23.9. The molecule has 122 valence electrons. The Balaban J connectivity index is 2.17. The molecule has 0 atom stereocenters. The topological polar surface area (TPSA) is 86.0 Å². The maximum Gasteiger partial charge on any atom is 0.308 e. The molecule has 3 rings (SSSR count). The molecule has 1 N–H and O–H groups in total. The number of aromatic hydroxyl groups is 1. The molecular weight excluding hydrogens is 312 g/mol. The third-order valence-electron chi connectivity index (χ3n) is 3.49. The number of methoxy groups -OCH3 is 1. The van der Waals surface area contributed by atoms with Crippen LogP contribution >= 0.6 is 0 Å². The van der Waals surface area contributed by atoms with Crippen LogP contribution in [0.15, 0.2) is 51.9 Å². The maximum atomic E-state index is 12.6. The summed E-state index contributed by atoms with van der Waals surface area (Å²) < 4.78 is 15.7. The number of hydrogen-bond donors (Lipinski definition) is 1. The monoisotopic (exact) mass is 326 g/mol. The van der Waals surface area contributed by atoms with Crippen molar-refractivity contribution in [1.82, 2.24) is 0 Å². The first-order valence-corrected chi connectivity index (χ1v) is 7.11. The molecule has 0 radical (unpaired) electrons. The highest BCUT2D eigenvalue weighted by atomic mass is 16.6. The Morgan fingerprint density at radius 2 is 1.92 bits per heavy atom. The molecule has 6 nitrogen and oxygen atoms in total. The minimum atomic E-state index is -0.494. The van der Waals surface area contributed by atoms with Gasteiger partial charge in [-0.3, -0.25) is 9.59 Å². The number of ether oxygens (including phenoxy) is 2. The number of carbonyl (C=O) groups excluding carboxylic acids is 1. The third kappa shape index (κ3) is 2.81. The number of hydrogen-bond acceptors (Lipinski definition) is 6. The summed E-state index contributed by atoms with van der Waals surface area (Å²) in [6.07, 6.45) is 1.31. The van der Waals surface area contributed by atoms with E-state index in [4.69, 9.17) is 13.9 Å². The average Bonchev–Trinajstić information content (AvgIpc) is 2.54. The number of phenolic OH excluding ortho intramolecular Hbond substituents is 1. The van der Waals surface area contributed by atoms with E-state index in [1.807, 2.05) is 0 Å². The summed E-state index contributed by atoms with van der Waals surface area (Å²) in [6, 6.07) is 9.10. The molecule has 0 saturated carbocycles. The predicted molar refractivity (Wildman–Crippen MR) is 87.4 cm³/mol. The standard InChI is InChI=1S/C18H14O6/c1-10(19)24-17-7-11(3-6-15(17)22-2)14-9-23-16-8-12(20)4-5-13(16)18(14)21/h3-9,20H,1-2H3. The fraction of sp³-hybridized carbons (Fsp3) is 0.111. The zero-order valence-electron chi connectivity index (χ0n) is 13.0. The van der Waals surface area contributed by atoms with Crippen molar-refractivity contribution in [3.05, 3.63) is 52.9 Å². The summed E-state index contributed by atoms with van der Waals surface area (Å²) in [7, 11) is 1.46. The van der Waals surface area contributed by atoms with Gasteiger partial charge in [0.05, 0.1) is 18.1 Å². The van der Waals surface area contributed by atoms with Crippen LogP contribution in [0.3, 0.4) is 0 Å². The Labute approximate surface area is 136 Å². The van der Waals surface area contributed by atoms with Crippen molar-refractivity contribution in [1.29, 1.82) is 0 Å². The van der Waals surface area contributed by atoms with E-state index in [-0.39, 0.29) is 22.5 Å². The molecule has 0 aliphatic rings.